The lowest BCUT2D eigenvalue weighted by atomic mass is 9.99. The molecule has 8 heteroatoms. The molecule has 0 fully saturated rings. The summed E-state index contributed by atoms with van der Waals surface area (Å²) in [6, 6.07) is 5.30. The zero-order chi connectivity index (χ0) is 15.6. The normalized spacial score (nSPS) is 12.7. The molecule has 0 saturated carbocycles. The smallest absolute Gasteiger partial charge is 0.291 e. The number of ketones is 1. The predicted octanol–water partition coefficient (Wildman–Crippen LogP) is 4.41. The summed E-state index contributed by atoms with van der Waals surface area (Å²) in [5, 5.41) is 10.8. The lowest BCUT2D eigenvalue weighted by molar-refractivity contribution is -0.137. The van der Waals surface area contributed by atoms with Gasteiger partial charge in [0.2, 0.25) is 0 Å². The molecule has 0 N–H and O–H groups in total. The van der Waals surface area contributed by atoms with Crippen LogP contribution in [0.5, 0.6) is 0 Å². The van der Waals surface area contributed by atoms with Crippen molar-refractivity contribution in [2.24, 2.45) is 0 Å². The van der Waals surface area contributed by atoms with E-state index in [1.807, 2.05) is 0 Å². The summed E-state index contributed by atoms with van der Waals surface area (Å²) in [7, 11) is 0. The second-order valence-corrected chi connectivity index (χ2v) is 5.76. The zero-order valence-corrected chi connectivity index (χ0v) is 12.6. The Morgan fingerprint density at radius 2 is 2.10 bits per heavy atom. The average molecular weight is 375 g/mol. The first-order valence-corrected chi connectivity index (χ1v) is 7.22. The van der Waals surface area contributed by atoms with Gasteiger partial charge in [-0.25, -0.2) is 0 Å². The third-order valence-corrected chi connectivity index (χ3v) is 4.49. The Bertz CT molecular complexity index is 703. The van der Waals surface area contributed by atoms with Gasteiger partial charge >= 0.3 is 6.18 Å². The number of pyridine rings is 1. The van der Waals surface area contributed by atoms with Crippen LogP contribution in [-0.2, 0) is 6.18 Å². The van der Waals surface area contributed by atoms with Gasteiger partial charge in [0.05, 0.1) is 22.2 Å². The van der Waals surface area contributed by atoms with Gasteiger partial charge in [0.1, 0.15) is 0 Å². The van der Waals surface area contributed by atoms with Gasteiger partial charge in [-0.1, -0.05) is 0 Å². The molecular weight excluding hydrogens is 369 g/mol. The van der Waals surface area contributed by atoms with Crippen LogP contribution in [0.15, 0.2) is 34.2 Å². The number of nitriles is 1. The van der Waals surface area contributed by atoms with E-state index in [0.717, 1.165) is 23.5 Å². The number of aromatic nitrogens is 1. The van der Waals surface area contributed by atoms with Gasteiger partial charge in [-0.05, 0) is 39.5 Å². The van der Waals surface area contributed by atoms with Crippen molar-refractivity contribution < 1.29 is 18.0 Å². The van der Waals surface area contributed by atoms with Gasteiger partial charge in [-0.2, -0.15) is 18.4 Å². The quantitative estimate of drug-likeness (QED) is 0.747. The van der Waals surface area contributed by atoms with Crippen LogP contribution >= 0.6 is 27.3 Å². The first-order valence-electron chi connectivity index (χ1n) is 5.54. The van der Waals surface area contributed by atoms with Gasteiger partial charge in [0, 0.05) is 10.7 Å². The molecule has 0 saturated heterocycles. The number of carbonyl (C=O) groups is 1. The number of carbonyl (C=O) groups excluding carboxylic acids is 1. The highest BCUT2D eigenvalue weighted by Gasteiger charge is 2.32. The molecule has 108 valence electrons. The monoisotopic (exact) mass is 374 g/mol. The van der Waals surface area contributed by atoms with Crippen molar-refractivity contribution in [2.75, 3.05) is 0 Å². The van der Waals surface area contributed by atoms with E-state index in [-0.39, 0.29) is 5.69 Å². The van der Waals surface area contributed by atoms with Crippen LogP contribution in [0.2, 0.25) is 0 Å². The maximum atomic E-state index is 12.5. The number of alkyl halides is 3. The van der Waals surface area contributed by atoms with Gasteiger partial charge in [0.15, 0.2) is 11.7 Å². The highest BCUT2D eigenvalue weighted by molar-refractivity contribution is 9.10. The van der Waals surface area contributed by atoms with Crippen LogP contribution in [0, 0.1) is 11.3 Å². The fraction of sp³-hybridized carbons (Fsp3) is 0.154. The average Bonchev–Trinajstić information content (AvgIpc) is 2.85. The van der Waals surface area contributed by atoms with Crippen LogP contribution in [0.3, 0.4) is 0 Å². The van der Waals surface area contributed by atoms with Gasteiger partial charge in [-0.3, -0.25) is 9.78 Å². The number of hydrogen-bond donors (Lipinski definition) is 0. The van der Waals surface area contributed by atoms with E-state index in [0.29, 0.717) is 15.5 Å². The molecule has 0 spiro atoms. The minimum Gasteiger partial charge on any atom is -0.291 e. The Kier molecular flexibility index (Phi) is 4.44. The van der Waals surface area contributed by atoms with Crippen LogP contribution in [0.4, 0.5) is 13.2 Å². The molecule has 2 aromatic rings. The Balaban J connectivity index is 2.33. The van der Waals surface area contributed by atoms with E-state index >= 15 is 0 Å². The topological polar surface area (TPSA) is 53.8 Å². The Morgan fingerprint density at radius 3 is 2.52 bits per heavy atom. The predicted molar refractivity (Wildman–Crippen MR) is 73.9 cm³/mol. The standard InChI is InChI=1S/C13H6BrF3N2OS/c14-9-3-4-21-12(9)11(20)8(5-18)10-2-1-7(6-19-10)13(15,16)17/h1-4,6,8H. The maximum absolute atomic E-state index is 12.5. The first kappa shape index (κ1) is 15.7. The molecule has 1 atom stereocenters. The molecule has 0 radical (unpaired) electrons. The fourth-order valence-corrected chi connectivity index (χ4v) is 3.14. The van der Waals surface area contributed by atoms with Crippen LogP contribution < -0.4 is 0 Å². The Labute approximate surface area is 130 Å². The summed E-state index contributed by atoms with van der Waals surface area (Å²) in [5.41, 5.74) is -0.927. The molecule has 0 aromatic carbocycles. The number of rotatable bonds is 3. The van der Waals surface area contributed by atoms with Crippen molar-refractivity contribution in [3.63, 3.8) is 0 Å². The lowest BCUT2D eigenvalue weighted by Gasteiger charge is -2.09. The van der Waals surface area contributed by atoms with E-state index in [9.17, 15) is 18.0 Å². The van der Waals surface area contributed by atoms with Crippen molar-refractivity contribution in [1.82, 2.24) is 4.98 Å². The number of halogens is 4. The molecule has 2 aromatic heterocycles. The fourth-order valence-electron chi connectivity index (χ4n) is 1.60. The van der Waals surface area contributed by atoms with Crippen molar-refractivity contribution in [1.29, 1.82) is 5.26 Å². The van der Waals surface area contributed by atoms with Gasteiger partial charge in [-0.15, -0.1) is 11.3 Å². The van der Waals surface area contributed by atoms with E-state index in [1.54, 1.807) is 17.5 Å². The molecule has 0 aliphatic rings. The largest absolute Gasteiger partial charge is 0.417 e. The summed E-state index contributed by atoms with van der Waals surface area (Å²) in [5.74, 6) is -1.73. The Hall–Kier alpha value is -1.72. The van der Waals surface area contributed by atoms with Crippen LogP contribution in [0.1, 0.15) is 26.8 Å². The molecular formula is C13H6BrF3N2OS. The summed E-state index contributed by atoms with van der Waals surface area (Å²) < 4.78 is 37.9. The molecule has 1 unspecified atom stereocenters. The van der Waals surface area contributed by atoms with Crippen molar-refractivity contribution in [2.45, 2.75) is 12.1 Å². The second-order valence-electron chi connectivity index (χ2n) is 3.99. The van der Waals surface area contributed by atoms with Gasteiger partial charge in [0.25, 0.3) is 0 Å². The van der Waals surface area contributed by atoms with E-state index < -0.39 is 23.4 Å². The van der Waals surface area contributed by atoms with Crippen LogP contribution in [0.25, 0.3) is 0 Å². The third kappa shape index (κ3) is 3.31. The SMILES string of the molecule is N#CC(C(=O)c1sccc1Br)c1ccc(C(F)(F)F)cn1. The third-order valence-electron chi connectivity index (χ3n) is 2.64. The highest BCUT2D eigenvalue weighted by Crippen LogP contribution is 2.31. The minimum atomic E-state index is -4.51. The molecule has 2 heterocycles. The number of nitrogens with zero attached hydrogens (tertiary/aromatic N) is 2. The van der Waals surface area contributed by atoms with Crippen molar-refractivity contribution in [3.8, 4) is 6.07 Å². The highest BCUT2D eigenvalue weighted by atomic mass is 79.9. The summed E-state index contributed by atoms with van der Waals surface area (Å²) in [6.07, 6.45) is -3.88. The van der Waals surface area contributed by atoms with E-state index in [1.165, 1.54) is 0 Å². The molecule has 21 heavy (non-hydrogen) atoms. The molecule has 3 nitrogen and oxygen atoms in total. The molecule has 2 rings (SSSR count). The Morgan fingerprint density at radius 1 is 1.38 bits per heavy atom. The maximum Gasteiger partial charge on any atom is 0.417 e. The molecule has 0 aliphatic heterocycles. The number of Topliss-reactive ketones (excluding diaryl/α,β-unsaturated/α-hetero) is 1. The summed E-state index contributed by atoms with van der Waals surface area (Å²) >= 11 is 4.33. The lowest BCUT2D eigenvalue weighted by Crippen LogP contribution is -2.13. The zero-order valence-electron chi connectivity index (χ0n) is 10.2. The minimum absolute atomic E-state index is 0.00389. The molecule has 0 amide bonds. The summed E-state index contributed by atoms with van der Waals surface area (Å²) in [4.78, 5) is 16.2. The van der Waals surface area contributed by atoms with Crippen molar-refractivity contribution >= 4 is 33.0 Å². The second kappa shape index (κ2) is 5.95. The number of hydrogen-bond acceptors (Lipinski definition) is 4. The van der Waals surface area contributed by atoms with Crippen molar-refractivity contribution in [3.05, 3.63) is 50.4 Å². The van der Waals surface area contributed by atoms with Gasteiger partial charge < -0.3 is 0 Å². The first-order chi connectivity index (χ1) is 9.84. The van der Waals surface area contributed by atoms with E-state index in [2.05, 4.69) is 20.9 Å². The molecule has 0 bridgehead atoms. The van der Waals surface area contributed by atoms with E-state index in [4.69, 9.17) is 5.26 Å². The molecule has 0 aliphatic carbocycles. The van der Waals surface area contributed by atoms with Crippen LogP contribution in [-0.4, -0.2) is 10.8 Å². The number of thiophene rings is 1. The summed E-state index contributed by atoms with van der Waals surface area (Å²) in [6.45, 7) is 0.